The van der Waals surface area contributed by atoms with Crippen LogP contribution in [0.25, 0.3) is 0 Å². The highest BCUT2D eigenvalue weighted by Crippen LogP contribution is 2.28. The van der Waals surface area contributed by atoms with E-state index in [0.717, 1.165) is 5.69 Å². The van der Waals surface area contributed by atoms with E-state index in [1.54, 1.807) is 0 Å². The topological polar surface area (TPSA) is 68.0 Å². The number of anilines is 3. The molecule has 0 aliphatic carbocycles. The lowest BCUT2D eigenvalue weighted by Crippen LogP contribution is -1.95. The standard InChI is InChI=1S/C13H15N3OS/c1-7-4-8(2)6-10(5-7)15-13-16-12(14)11(18-13)9(3)17/h4-6H,14H2,1-3H3,(H,15,16). The number of hydrogen-bond acceptors (Lipinski definition) is 5. The van der Waals surface area contributed by atoms with Crippen molar-refractivity contribution >= 4 is 33.8 Å². The van der Waals surface area contributed by atoms with Crippen LogP contribution in [0.15, 0.2) is 18.2 Å². The second-order valence-corrected chi connectivity index (χ2v) is 5.29. The number of Topliss-reactive ketones (excluding diaryl/α,β-unsaturated/α-hetero) is 1. The van der Waals surface area contributed by atoms with Crippen molar-refractivity contribution in [2.45, 2.75) is 20.8 Å². The van der Waals surface area contributed by atoms with Gasteiger partial charge < -0.3 is 11.1 Å². The van der Waals surface area contributed by atoms with E-state index in [1.165, 1.54) is 29.4 Å². The predicted octanol–water partition coefficient (Wildman–Crippen LogP) is 3.29. The van der Waals surface area contributed by atoms with Crippen molar-refractivity contribution in [3.8, 4) is 0 Å². The minimum absolute atomic E-state index is 0.0570. The Bertz CT molecular complexity index is 584. The van der Waals surface area contributed by atoms with Crippen LogP contribution in [0.4, 0.5) is 16.6 Å². The summed E-state index contributed by atoms with van der Waals surface area (Å²) in [5, 5.41) is 3.82. The zero-order valence-corrected chi connectivity index (χ0v) is 11.4. The summed E-state index contributed by atoms with van der Waals surface area (Å²) >= 11 is 1.28. The van der Waals surface area contributed by atoms with Crippen LogP contribution in [0.2, 0.25) is 0 Å². The number of carbonyl (C=O) groups is 1. The largest absolute Gasteiger partial charge is 0.382 e. The van der Waals surface area contributed by atoms with Crippen molar-refractivity contribution in [1.82, 2.24) is 4.98 Å². The van der Waals surface area contributed by atoms with E-state index in [0.29, 0.717) is 15.8 Å². The smallest absolute Gasteiger partial charge is 0.189 e. The Morgan fingerprint density at radius 3 is 2.39 bits per heavy atom. The van der Waals surface area contributed by atoms with Crippen molar-refractivity contribution in [3.63, 3.8) is 0 Å². The van der Waals surface area contributed by atoms with Crippen molar-refractivity contribution in [2.75, 3.05) is 11.1 Å². The molecule has 0 unspecified atom stereocenters. The number of hydrogen-bond donors (Lipinski definition) is 2. The fourth-order valence-electron chi connectivity index (χ4n) is 1.81. The van der Waals surface area contributed by atoms with Gasteiger partial charge in [-0.1, -0.05) is 17.4 Å². The van der Waals surface area contributed by atoms with Crippen LogP contribution in [-0.2, 0) is 0 Å². The molecule has 0 bridgehead atoms. The number of benzene rings is 1. The number of aromatic nitrogens is 1. The van der Waals surface area contributed by atoms with E-state index in [-0.39, 0.29) is 5.78 Å². The lowest BCUT2D eigenvalue weighted by atomic mass is 10.1. The maximum atomic E-state index is 11.3. The Kier molecular flexibility index (Phi) is 3.34. The van der Waals surface area contributed by atoms with Crippen LogP contribution in [-0.4, -0.2) is 10.8 Å². The summed E-state index contributed by atoms with van der Waals surface area (Å²) in [7, 11) is 0. The highest BCUT2D eigenvalue weighted by atomic mass is 32.1. The monoisotopic (exact) mass is 261 g/mol. The Morgan fingerprint density at radius 1 is 1.28 bits per heavy atom. The second kappa shape index (κ2) is 4.78. The number of nitrogen functional groups attached to an aromatic ring is 1. The molecule has 3 N–H and O–H groups in total. The molecule has 4 nitrogen and oxygen atoms in total. The van der Waals surface area contributed by atoms with Gasteiger partial charge in [0, 0.05) is 12.6 Å². The first-order valence-corrected chi connectivity index (χ1v) is 6.40. The molecular weight excluding hydrogens is 246 g/mol. The summed E-state index contributed by atoms with van der Waals surface area (Å²) in [6.45, 7) is 5.56. The van der Waals surface area contributed by atoms with Gasteiger partial charge in [-0.05, 0) is 37.1 Å². The molecule has 94 valence electrons. The van der Waals surface area contributed by atoms with E-state index >= 15 is 0 Å². The van der Waals surface area contributed by atoms with E-state index in [9.17, 15) is 4.79 Å². The number of nitrogens with two attached hydrogens (primary N) is 1. The third-order valence-corrected chi connectivity index (χ3v) is 3.53. The number of thiazole rings is 1. The average Bonchev–Trinajstić information content (AvgIpc) is 2.57. The third kappa shape index (κ3) is 2.68. The van der Waals surface area contributed by atoms with Gasteiger partial charge in [-0.25, -0.2) is 4.98 Å². The number of nitrogens with one attached hydrogen (secondary N) is 1. The number of carbonyl (C=O) groups excluding carboxylic acids is 1. The Hall–Kier alpha value is -1.88. The lowest BCUT2D eigenvalue weighted by molar-refractivity contribution is 0.102. The summed E-state index contributed by atoms with van der Waals surface area (Å²) in [5.74, 6) is 0.234. The van der Waals surface area contributed by atoms with E-state index in [1.807, 2.05) is 26.0 Å². The normalized spacial score (nSPS) is 10.4. The van der Waals surface area contributed by atoms with Crippen molar-refractivity contribution in [3.05, 3.63) is 34.2 Å². The van der Waals surface area contributed by atoms with Crippen molar-refractivity contribution in [1.29, 1.82) is 0 Å². The summed E-state index contributed by atoms with van der Waals surface area (Å²) in [5.41, 5.74) is 9.00. The quantitative estimate of drug-likeness (QED) is 0.832. The van der Waals surface area contributed by atoms with E-state index < -0.39 is 0 Å². The first-order chi connectivity index (χ1) is 8.45. The zero-order valence-electron chi connectivity index (χ0n) is 10.6. The fraction of sp³-hybridized carbons (Fsp3) is 0.231. The minimum Gasteiger partial charge on any atom is -0.382 e. The van der Waals surface area contributed by atoms with Gasteiger partial charge in [0.15, 0.2) is 10.9 Å². The molecule has 1 aromatic carbocycles. The van der Waals surface area contributed by atoms with Crippen LogP contribution in [0.3, 0.4) is 0 Å². The lowest BCUT2D eigenvalue weighted by Gasteiger charge is -2.05. The third-order valence-electron chi connectivity index (χ3n) is 2.45. The number of rotatable bonds is 3. The summed E-state index contributed by atoms with van der Waals surface area (Å²) < 4.78 is 0. The Balaban J connectivity index is 2.28. The van der Waals surface area contributed by atoms with E-state index in [4.69, 9.17) is 5.73 Å². The molecule has 0 fully saturated rings. The number of nitrogens with zero attached hydrogens (tertiary/aromatic N) is 1. The molecule has 1 heterocycles. The van der Waals surface area contributed by atoms with Crippen LogP contribution >= 0.6 is 11.3 Å². The first-order valence-electron chi connectivity index (χ1n) is 5.58. The molecule has 18 heavy (non-hydrogen) atoms. The maximum absolute atomic E-state index is 11.3. The number of ketones is 1. The molecule has 0 atom stereocenters. The molecule has 0 spiro atoms. The molecule has 0 aliphatic heterocycles. The van der Waals surface area contributed by atoms with Gasteiger partial charge in [0.2, 0.25) is 0 Å². The number of aryl methyl sites for hydroxylation is 2. The van der Waals surface area contributed by atoms with Crippen LogP contribution in [0.1, 0.15) is 27.7 Å². The molecule has 0 saturated heterocycles. The fourth-order valence-corrected chi connectivity index (χ4v) is 2.61. The van der Waals surface area contributed by atoms with Crippen LogP contribution in [0.5, 0.6) is 0 Å². The van der Waals surface area contributed by atoms with Gasteiger partial charge >= 0.3 is 0 Å². The molecule has 1 aromatic heterocycles. The van der Waals surface area contributed by atoms with Gasteiger partial charge in [0.25, 0.3) is 0 Å². The molecule has 2 rings (SSSR count). The van der Waals surface area contributed by atoms with Gasteiger partial charge in [0.1, 0.15) is 10.7 Å². The molecule has 0 radical (unpaired) electrons. The Labute approximate surface area is 110 Å². The average molecular weight is 261 g/mol. The minimum atomic E-state index is -0.0570. The van der Waals surface area contributed by atoms with Gasteiger partial charge in [-0.2, -0.15) is 0 Å². The summed E-state index contributed by atoms with van der Waals surface area (Å²) in [6.07, 6.45) is 0. The van der Waals surface area contributed by atoms with Gasteiger partial charge in [0.05, 0.1) is 0 Å². The summed E-state index contributed by atoms with van der Waals surface area (Å²) in [4.78, 5) is 16.0. The second-order valence-electron chi connectivity index (χ2n) is 4.29. The highest BCUT2D eigenvalue weighted by Gasteiger charge is 2.12. The SMILES string of the molecule is CC(=O)c1sc(Nc2cc(C)cc(C)c2)nc1N. The molecule has 2 aromatic rings. The van der Waals surface area contributed by atoms with Gasteiger partial charge in [-0.15, -0.1) is 0 Å². The predicted molar refractivity (Wildman–Crippen MR) is 75.7 cm³/mol. The maximum Gasteiger partial charge on any atom is 0.189 e. The molecular formula is C13H15N3OS. The van der Waals surface area contributed by atoms with Crippen molar-refractivity contribution < 1.29 is 4.79 Å². The molecule has 0 saturated carbocycles. The van der Waals surface area contributed by atoms with E-state index in [2.05, 4.69) is 16.4 Å². The first kappa shape index (κ1) is 12.6. The Morgan fingerprint density at radius 2 is 1.89 bits per heavy atom. The van der Waals surface area contributed by atoms with Crippen LogP contribution in [0, 0.1) is 13.8 Å². The molecule has 5 heteroatoms. The molecule has 0 amide bonds. The van der Waals surface area contributed by atoms with Crippen molar-refractivity contribution in [2.24, 2.45) is 0 Å². The van der Waals surface area contributed by atoms with Gasteiger partial charge in [-0.3, -0.25) is 4.79 Å². The molecule has 0 aliphatic rings. The zero-order chi connectivity index (χ0) is 13.3. The van der Waals surface area contributed by atoms with Crippen LogP contribution < -0.4 is 11.1 Å². The summed E-state index contributed by atoms with van der Waals surface area (Å²) in [6, 6.07) is 6.15. The highest BCUT2D eigenvalue weighted by molar-refractivity contribution is 7.18.